The number of nitrogens with two attached hydrogens (primary N) is 1. The van der Waals surface area contributed by atoms with E-state index in [1.165, 1.54) is 30.4 Å². The molecule has 3 rings (SSSR count). The van der Waals surface area contributed by atoms with Gasteiger partial charge < -0.3 is 11.1 Å². The van der Waals surface area contributed by atoms with Crippen LogP contribution in [-0.4, -0.2) is 23.4 Å². The smallest absolute Gasteiger partial charge is 0.234 e. The molecular weight excluding hydrogens is 250 g/mol. The number of nitrogen functional groups attached to an aromatic ring is 1. The van der Waals surface area contributed by atoms with E-state index in [1.807, 2.05) is 12.1 Å². The van der Waals surface area contributed by atoms with Crippen LogP contribution in [0.1, 0.15) is 43.2 Å². The van der Waals surface area contributed by atoms with E-state index in [1.54, 1.807) is 0 Å². The number of nitrogens with zero attached hydrogens (tertiary/aromatic N) is 1. The summed E-state index contributed by atoms with van der Waals surface area (Å²) in [5, 5.41) is 3.18. The van der Waals surface area contributed by atoms with E-state index in [2.05, 4.69) is 16.3 Å². The molecule has 1 aromatic carbocycles. The zero-order valence-electron chi connectivity index (χ0n) is 11.9. The van der Waals surface area contributed by atoms with Gasteiger partial charge in [-0.2, -0.15) is 0 Å². The Hall–Kier alpha value is -1.55. The highest BCUT2D eigenvalue weighted by Crippen LogP contribution is 2.24. The molecule has 1 amide bonds. The Labute approximate surface area is 120 Å². The molecule has 4 nitrogen and oxygen atoms in total. The number of hydrogen-bond donors (Lipinski definition) is 2. The second kappa shape index (κ2) is 5.83. The molecule has 108 valence electrons. The number of anilines is 1. The fourth-order valence-corrected chi connectivity index (χ4v) is 3.32. The molecule has 0 atom stereocenters. The summed E-state index contributed by atoms with van der Waals surface area (Å²) in [6, 6.07) is 6.43. The second-order valence-corrected chi connectivity index (χ2v) is 6.08. The van der Waals surface area contributed by atoms with Crippen LogP contribution >= 0.6 is 0 Å². The van der Waals surface area contributed by atoms with Crippen LogP contribution in [0.25, 0.3) is 0 Å². The Kier molecular flexibility index (Phi) is 3.92. The summed E-state index contributed by atoms with van der Waals surface area (Å²) in [6.07, 6.45) is 6.10. The number of benzene rings is 1. The summed E-state index contributed by atoms with van der Waals surface area (Å²) < 4.78 is 0. The third-order valence-electron chi connectivity index (χ3n) is 4.36. The van der Waals surface area contributed by atoms with Gasteiger partial charge in [0.2, 0.25) is 5.91 Å². The van der Waals surface area contributed by atoms with Crippen LogP contribution in [0.5, 0.6) is 0 Å². The van der Waals surface area contributed by atoms with E-state index < -0.39 is 0 Å². The van der Waals surface area contributed by atoms with Gasteiger partial charge in [-0.25, -0.2) is 0 Å². The number of hydrogen-bond acceptors (Lipinski definition) is 3. The number of nitrogens with one attached hydrogen (secondary N) is 1. The van der Waals surface area contributed by atoms with Gasteiger partial charge in [0.05, 0.1) is 6.54 Å². The number of rotatable bonds is 3. The molecule has 1 aliphatic heterocycles. The number of amides is 1. The predicted octanol–water partition coefficient (Wildman–Crippen LogP) is 2.03. The summed E-state index contributed by atoms with van der Waals surface area (Å²) >= 11 is 0. The lowest BCUT2D eigenvalue weighted by molar-refractivity contribution is -0.123. The first-order valence-corrected chi connectivity index (χ1v) is 7.60. The molecule has 1 fully saturated rings. The Morgan fingerprint density at radius 3 is 2.75 bits per heavy atom. The molecule has 20 heavy (non-hydrogen) atoms. The molecule has 0 bridgehead atoms. The van der Waals surface area contributed by atoms with E-state index in [0.29, 0.717) is 12.6 Å². The van der Waals surface area contributed by atoms with E-state index in [0.717, 1.165) is 31.6 Å². The van der Waals surface area contributed by atoms with Gasteiger partial charge in [-0.15, -0.1) is 0 Å². The van der Waals surface area contributed by atoms with Crippen LogP contribution in [0.15, 0.2) is 18.2 Å². The molecule has 0 aromatic heterocycles. The molecule has 3 N–H and O–H groups in total. The lowest BCUT2D eigenvalue weighted by Gasteiger charge is -2.24. The number of carbonyl (C=O) groups excluding carboxylic acids is 1. The van der Waals surface area contributed by atoms with Gasteiger partial charge in [0.25, 0.3) is 0 Å². The third kappa shape index (κ3) is 3.12. The van der Waals surface area contributed by atoms with Gasteiger partial charge in [0, 0.05) is 24.8 Å². The van der Waals surface area contributed by atoms with Crippen molar-refractivity contribution in [3.05, 3.63) is 29.3 Å². The van der Waals surface area contributed by atoms with E-state index in [4.69, 9.17) is 5.73 Å². The Bertz CT molecular complexity index is 494. The van der Waals surface area contributed by atoms with Crippen molar-refractivity contribution >= 4 is 11.6 Å². The lowest BCUT2D eigenvalue weighted by atomic mass is 9.95. The predicted molar refractivity (Wildman–Crippen MR) is 80.0 cm³/mol. The Balaban J connectivity index is 1.51. The van der Waals surface area contributed by atoms with E-state index in [9.17, 15) is 4.79 Å². The minimum Gasteiger partial charge on any atom is -0.399 e. The van der Waals surface area contributed by atoms with Gasteiger partial charge >= 0.3 is 0 Å². The summed E-state index contributed by atoms with van der Waals surface area (Å²) in [6.45, 7) is 2.18. The maximum Gasteiger partial charge on any atom is 0.234 e. The molecule has 0 saturated heterocycles. The monoisotopic (exact) mass is 273 g/mol. The first-order valence-electron chi connectivity index (χ1n) is 7.60. The van der Waals surface area contributed by atoms with Gasteiger partial charge in [-0.3, -0.25) is 9.69 Å². The lowest BCUT2D eigenvalue weighted by Crippen LogP contribution is -2.41. The molecule has 0 spiro atoms. The summed E-state index contributed by atoms with van der Waals surface area (Å²) in [5.74, 6) is 0.165. The maximum atomic E-state index is 12.1. The molecule has 2 aliphatic rings. The zero-order valence-corrected chi connectivity index (χ0v) is 11.9. The van der Waals surface area contributed by atoms with E-state index >= 15 is 0 Å². The molecule has 1 aromatic rings. The molecule has 1 heterocycles. The first kappa shape index (κ1) is 13.4. The molecule has 1 aliphatic carbocycles. The van der Waals surface area contributed by atoms with Crippen molar-refractivity contribution in [1.29, 1.82) is 0 Å². The van der Waals surface area contributed by atoms with Gasteiger partial charge in [0.15, 0.2) is 0 Å². The van der Waals surface area contributed by atoms with Crippen molar-refractivity contribution in [3.8, 4) is 0 Å². The molecular formula is C16H23N3O. The summed E-state index contributed by atoms with van der Waals surface area (Å²) in [5.41, 5.74) is 9.16. The SMILES string of the molecule is Nc1ccc2c(c1)CN(CC(=O)NC1CCCCC1)C2. The highest BCUT2D eigenvalue weighted by Gasteiger charge is 2.22. The summed E-state index contributed by atoms with van der Waals surface area (Å²) in [4.78, 5) is 14.3. The van der Waals surface area contributed by atoms with Crippen LogP contribution in [-0.2, 0) is 17.9 Å². The molecule has 4 heteroatoms. The second-order valence-electron chi connectivity index (χ2n) is 6.08. The molecule has 0 unspecified atom stereocenters. The number of fused-ring (bicyclic) bond motifs is 1. The topological polar surface area (TPSA) is 58.4 Å². The van der Waals surface area contributed by atoms with Crippen molar-refractivity contribution < 1.29 is 4.79 Å². The minimum absolute atomic E-state index is 0.165. The molecule has 1 saturated carbocycles. The van der Waals surface area contributed by atoms with Crippen LogP contribution < -0.4 is 11.1 Å². The Morgan fingerprint density at radius 1 is 1.20 bits per heavy atom. The van der Waals surface area contributed by atoms with E-state index in [-0.39, 0.29) is 5.91 Å². The van der Waals surface area contributed by atoms with Crippen molar-refractivity contribution in [2.75, 3.05) is 12.3 Å². The van der Waals surface area contributed by atoms with Gasteiger partial charge in [-0.1, -0.05) is 25.3 Å². The average molecular weight is 273 g/mol. The normalized spacial score (nSPS) is 19.8. The van der Waals surface area contributed by atoms with Crippen molar-refractivity contribution in [2.24, 2.45) is 0 Å². The van der Waals surface area contributed by atoms with Crippen molar-refractivity contribution in [1.82, 2.24) is 10.2 Å². The third-order valence-corrected chi connectivity index (χ3v) is 4.36. The van der Waals surface area contributed by atoms with Crippen molar-refractivity contribution in [2.45, 2.75) is 51.2 Å². The maximum absolute atomic E-state index is 12.1. The highest BCUT2D eigenvalue weighted by molar-refractivity contribution is 5.78. The fourth-order valence-electron chi connectivity index (χ4n) is 3.32. The standard InChI is InChI=1S/C16H23N3O/c17-14-7-6-12-9-19(10-13(12)8-14)11-16(20)18-15-4-2-1-3-5-15/h6-8,15H,1-5,9-11,17H2,(H,18,20). The van der Waals surface area contributed by atoms with Crippen LogP contribution in [0.3, 0.4) is 0 Å². The van der Waals surface area contributed by atoms with Gasteiger partial charge in [0.1, 0.15) is 0 Å². The quantitative estimate of drug-likeness (QED) is 0.829. The zero-order chi connectivity index (χ0) is 13.9. The highest BCUT2D eigenvalue weighted by atomic mass is 16.2. The molecule has 0 radical (unpaired) electrons. The Morgan fingerprint density at radius 2 is 1.95 bits per heavy atom. The van der Waals surface area contributed by atoms with Gasteiger partial charge in [-0.05, 0) is 36.1 Å². The van der Waals surface area contributed by atoms with Crippen LogP contribution in [0.4, 0.5) is 5.69 Å². The van der Waals surface area contributed by atoms with Crippen LogP contribution in [0.2, 0.25) is 0 Å². The fraction of sp³-hybridized carbons (Fsp3) is 0.562. The first-order chi connectivity index (χ1) is 9.70. The summed E-state index contributed by atoms with van der Waals surface area (Å²) in [7, 11) is 0. The van der Waals surface area contributed by atoms with Crippen molar-refractivity contribution in [3.63, 3.8) is 0 Å². The average Bonchev–Trinajstić information content (AvgIpc) is 2.80. The van der Waals surface area contributed by atoms with Crippen LogP contribution in [0, 0.1) is 0 Å². The minimum atomic E-state index is 0.165. The largest absolute Gasteiger partial charge is 0.399 e. The number of carbonyl (C=O) groups is 1.